The standard InChI is InChI=1S/C50H50N2/c1-36-33-40(27-29-46(36)39-25-23-38(24-26-39)37-15-7-3-8-16-37)41-28-30-48-47(34-41)50(2)32-31-45(35-49(50)52(48)44-21-13-6-14-22-44)51(42-17-9-4-10-18-42)43-19-11-5-12-20-43/h3-21,23-28,31,35-36,44,46-48H,22,29-30,32-34H2,1-2H3. The molecule has 2 heteroatoms. The van der Waals surface area contributed by atoms with E-state index in [0.717, 1.165) is 25.7 Å². The van der Waals surface area contributed by atoms with E-state index in [4.69, 9.17) is 0 Å². The molecule has 52 heavy (non-hydrogen) atoms. The Balaban J connectivity index is 1.00. The number of nitrogens with zero attached hydrogens (tertiary/aromatic N) is 2. The molecular weight excluding hydrogens is 629 g/mol. The van der Waals surface area contributed by atoms with E-state index in [1.54, 1.807) is 11.1 Å². The number of hydrogen-bond donors (Lipinski definition) is 0. The van der Waals surface area contributed by atoms with Gasteiger partial charge in [-0.15, -0.1) is 0 Å². The lowest BCUT2D eigenvalue weighted by Crippen LogP contribution is -2.40. The Morgan fingerprint density at radius 3 is 1.94 bits per heavy atom. The Labute approximate surface area is 310 Å². The van der Waals surface area contributed by atoms with Crippen molar-refractivity contribution >= 4 is 11.4 Å². The van der Waals surface area contributed by atoms with Crippen molar-refractivity contribution < 1.29 is 0 Å². The summed E-state index contributed by atoms with van der Waals surface area (Å²) >= 11 is 0. The van der Waals surface area contributed by atoms with Crippen molar-refractivity contribution in [1.29, 1.82) is 0 Å². The quantitative estimate of drug-likeness (QED) is 0.192. The van der Waals surface area contributed by atoms with Gasteiger partial charge < -0.3 is 9.80 Å². The highest BCUT2D eigenvalue weighted by Gasteiger charge is 2.55. The number of para-hydroxylation sites is 2. The van der Waals surface area contributed by atoms with Gasteiger partial charge >= 0.3 is 0 Å². The van der Waals surface area contributed by atoms with Crippen molar-refractivity contribution in [2.75, 3.05) is 4.90 Å². The second-order valence-corrected chi connectivity index (χ2v) is 15.9. The molecule has 260 valence electrons. The highest BCUT2D eigenvalue weighted by Crippen LogP contribution is 2.59. The minimum atomic E-state index is 0.0889. The number of benzene rings is 4. The van der Waals surface area contributed by atoms with Gasteiger partial charge in [-0.2, -0.15) is 0 Å². The van der Waals surface area contributed by atoms with Gasteiger partial charge in [0.25, 0.3) is 0 Å². The van der Waals surface area contributed by atoms with Crippen molar-refractivity contribution in [2.24, 2.45) is 17.3 Å². The zero-order valence-corrected chi connectivity index (χ0v) is 30.6. The van der Waals surface area contributed by atoms with Crippen LogP contribution in [0.4, 0.5) is 11.4 Å². The number of hydrogen-bond acceptors (Lipinski definition) is 2. The van der Waals surface area contributed by atoms with E-state index < -0.39 is 0 Å². The van der Waals surface area contributed by atoms with E-state index in [0.29, 0.717) is 29.8 Å². The molecular formula is C50H50N2. The summed E-state index contributed by atoms with van der Waals surface area (Å²) in [7, 11) is 0. The molecule has 0 N–H and O–H groups in total. The van der Waals surface area contributed by atoms with Crippen LogP contribution in [0.2, 0.25) is 0 Å². The van der Waals surface area contributed by atoms with Crippen LogP contribution in [0.1, 0.15) is 63.9 Å². The second kappa shape index (κ2) is 13.8. The highest BCUT2D eigenvalue weighted by molar-refractivity contribution is 5.71. The fourth-order valence-electron chi connectivity index (χ4n) is 10.1. The summed E-state index contributed by atoms with van der Waals surface area (Å²) in [6.45, 7) is 5.06. The van der Waals surface area contributed by atoms with E-state index in [2.05, 4.69) is 188 Å². The van der Waals surface area contributed by atoms with E-state index in [1.165, 1.54) is 52.3 Å². The highest BCUT2D eigenvalue weighted by atomic mass is 15.3. The van der Waals surface area contributed by atoms with Crippen LogP contribution in [0.25, 0.3) is 11.1 Å². The third kappa shape index (κ3) is 5.93. The number of fused-ring (bicyclic) bond motifs is 3. The molecule has 2 nitrogen and oxygen atoms in total. The third-order valence-corrected chi connectivity index (χ3v) is 12.9. The van der Waals surface area contributed by atoms with E-state index in [-0.39, 0.29) is 5.41 Å². The number of allylic oxidation sites excluding steroid dienone is 8. The maximum absolute atomic E-state index is 2.85. The zero-order chi connectivity index (χ0) is 35.1. The van der Waals surface area contributed by atoms with Gasteiger partial charge in [-0.25, -0.2) is 0 Å². The van der Waals surface area contributed by atoms with E-state index in [1.807, 2.05) is 0 Å². The Morgan fingerprint density at radius 1 is 0.654 bits per heavy atom. The van der Waals surface area contributed by atoms with Crippen LogP contribution in [0, 0.1) is 17.3 Å². The molecule has 1 aliphatic heterocycles. The number of rotatable bonds is 7. The minimum Gasteiger partial charge on any atom is -0.364 e. The SMILES string of the molecule is CC1CC(C2=CCC3C(C2)C2(C)CC=C(N(c4ccccc4)c4ccccc4)C=C2N3C2C=CC=CC2)=CCC1c1ccc(-c2ccccc2)cc1. The smallest absolute Gasteiger partial charge is 0.0511 e. The first-order chi connectivity index (χ1) is 25.6. The number of likely N-dealkylation sites (tertiary alicyclic amines) is 1. The summed E-state index contributed by atoms with van der Waals surface area (Å²) < 4.78 is 0. The van der Waals surface area contributed by atoms with Gasteiger partial charge in [-0.05, 0) is 114 Å². The molecule has 0 radical (unpaired) electrons. The molecule has 4 aliphatic carbocycles. The molecule has 0 spiro atoms. The van der Waals surface area contributed by atoms with Crippen molar-refractivity contribution in [3.05, 3.63) is 192 Å². The maximum Gasteiger partial charge on any atom is 0.0511 e. The molecule has 1 heterocycles. The van der Waals surface area contributed by atoms with E-state index >= 15 is 0 Å². The molecule has 1 fully saturated rings. The van der Waals surface area contributed by atoms with Gasteiger partial charge in [0.2, 0.25) is 0 Å². The lowest BCUT2D eigenvalue weighted by molar-refractivity contribution is 0.193. The van der Waals surface area contributed by atoms with Crippen molar-refractivity contribution in [2.45, 2.75) is 70.4 Å². The van der Waals surface area contributed by atoms with Gasteiger partial charge in [-0.1, -0.05) is 147 Å². The molecule has 9 rings (SSSR count). The predicted molar refractivity (Wildman–Crippen MR) is 218 cm³/mol. The Morgan fingerprint density at radius 2 is 1.29 bits per heavy atom. The Bertz CT molecular complexity index is 2040. The molecule has 4 aromatic rings. The first-order valence-corrected chi connectivity index (χ1v) is 19.5. The molecule has 4 aromatic carbocycles. The van der Waals surface area contributed by atoms with Crippen molar-refractivity contribution in [3.8, 4) is 11.1 Å². The van der Waals surface area contributed by atoms with Gasteiger partial charge in [0.1, 0.15) is 0 Å². The molecule has 1 saturated heterocycles. The molecule has 0 saturated carbocycles. The first kappa shape index (κ1) is 32.8. The van der Waals surface area contributed by atoms with Crippen LogP contribution in [-0.4, -0.2) is 17.0 Å². The second-order valence-electron chi connectivity index (χ2n) is 15.9. The van der Waals surface area contributed by atoms with Crippen molar-refractivity contribution in [3.63, 3.8) is 0 Å². The molecule has 6 unspecified atom stereocenters. The van der Waals surface area contributed by atoms with Gasteiger partial charge in [-0.3, -0.25) is 0 Å². The lowest BCUT2D eigenvalue weighted by atomic mass is 9.65. The maximum atomic E-state index is 2.85. The van der Waals surface area contributed by atoms with Gasteiger partial charge in [0.15, 0.2) is 0 Å². The number of anilines is 2. The normalized spacial score (nSPS) is 27.9. The van der Waals surface area contributed by atoms with Crippen molar-refractivity contribution in [1.82, 2.24) is 4.90 Å². The average molecular weight is 679 g/mol. The largest absolute Gasteiger partial charge is 0.364 e. The zero-order valence-electron chi connectivity index (χ0n) is 30.6. The molecule has 0 aromatic heterocycles. The van der Waals surface area contributed by atoms with Gasteiger partial charge in [0, 0.05) is 34.2 Å². The molecule has 0 amide bonds. The summed E-state index contributed by atoms with van der Waals surface area (Å²) in [5, 5.41) is 0. The van der Waals surface area contributed by atoms with Crippen LogP contribution in [0.15, 0.2) is 186 Å². The topological polar surface area (TPSA) is 6.48 Å². The van der Waals surface area contributed by atoms with Crippen LogP contribution in [0.3, 0.4) is 0 Å². The van der Waals surface area contributed by atoms with Crippen LogP contribution in [0.5, 0.6) is 0 Å². The minimum absolute atomic E-state index is 0.0889. The fraction of sp³-hybridized carbons (Fsp3) is 0.280. The Hall–Kier alpha value is -5.08. The Kier molecular flexibility index (Phi) is 8.71. The summed E-state index contributed by atoms with van der Waals surface area (Å²) in [5.41, 5.74) is 12.6. The fourth-order valence-corrected chi connectivity index (χ4v) is 10.1. The summed E-state index contributed by atoms with van der Waals surface area (Å²) in [4.78, 5) is 5.30. The molecule has 0 bridgehead atoms. The lowest BCUT2D eigenvalue weighted by Gasteiger charge is -2.39. The summed E-state index contributed by atoms with van der Waals surface area (Å²) in [6.07, 6.45) is 26.3. The first-order valence-electron chi connectivity index (χ1n) is 19.5. The molecule has 6 atom stereocenters. The molecule has 5 aliphatic rings. The monoisotopic (exact) mass is 678 g/mol. The summed E-state index contributed by atoms with van der Waals surface area (Å²) in [5.74, 6) is 1.77. The van der Waals surface area contributed by atoms with Crippen LogP contribution < -0.4 is 4.90 Å². The van der Waals surface area contributed by atoms with Crippen LogP contribution >= 0.6 is 0 Å². The third-order valence-electron chi connectivity index (χ3n) is 12.9. The summed E-state index contributed by atoms with van der Waals surface area (Å²) in [6, 6.07) is 42.8. The van der Waals surface area contributed by atoms with E-state index in [9.17, 15) is 0 Å². The predicted octanol–water partition coefficient (Wildman–Crippen LogP) is 12.7. The van der Waals surface area contributed by atoms with Crippen LogP contribution in [-0.2, 0) is 0 Å². The average Bonchev–Trinajstić information content (AvgIpc) is 3.47. The van der Waals surface area contributed by atoms with Gasteiger partial charge in [0.05, 0.1) is 6.04 Å².